The molecule has 0 saturated heterocycles. The van der Waals surface area contributed by atoms with Crippen molar-refractivity contribution in [3.8, 4) is 0 Å². The Morgan fingerprint density at radius 3 is 2.57 bits per heavy atom. The van der Waals surface area contributed by atoms with E-state index in [1.807, 2.05) is 29.2 Å². The smallest absolute Gasteiger partial charge is 0.334 e. The fourth-order valence-corrected chi connectivity index (χ4v) is 3.56. The summed E-state index contributed by atoms with van der Waals surface area (Å²) < 4.78 is 0. The third-order valence-electron chi connectivity index (χ3n) is 4.82. The van der Waals surface area contributed by atoms with Crippen LogP contribution in [0.1, 0.15) is 18.9 Å². The molecule has 30 heavy (non-hydrogen) atoms. The number of nitro groups is 1. The van der Waals surface area contributed by atoms with E-state index in [-0.39, 0.29) is 23.2 Å². The predicted octanol–water partition coefficient (Wildman–Crippen LogP) is 4.17. The van der Waals surface area contributed by atoms with Crippen LogP contribution in [-0.4, -0.2) is 27.3 Å². The van der Waals surface area contributed by atoms with E-state index >= 15 is 0 Å². The molecule has 0 spiro atoms. The Hall–Kier alpha value is -4.01. The Kier molecular flexibility index (Phi) is 5.25. The van der Waals surface area contributed by atoms with Gasteiger partial charge in [0.1, 0.15) is 6.33 Å². The third kappa shape index (κ3) is 3.90. The molecule has 1 aliphatic rings. The highest BCUT2D eigenvalue weighted by atomic mass is 16.6. The molecule has 9 heteroatoms. The molecule has 2 aromatic carbocycles. The monoisotopic (exact) mass is 404 g/mol. The van der Waals surface area contributed by atoms with Crippen LogP contribution in [0.25, 0.3) is 0 Å². The Balaban J connectivity index is 1.69. The normalized spacial score (nSPS) is 12.8. The number of benzene rings is 2. The maximum Gasteiger partial charge on any atom is 0.354 e. The maximum atomic E-state index is 12.0. The maximum absolute atomic E-state index is 12.0. The molecule has 0 bridgehead atoms. The van der Waals surface area contributed by atoms with Gasteiger partial charge in [0.05, 0.1) is 4.92 Å². The average Bonchev–Trinajstić information content (AvgIpc) is 2.74. The molecule has 9 nitrogen and oxygen atoms in total. The second-order valence-corrected chi connectivity index (χ2v) is 6.92. The lowest BCUT2D eigenvalue weighted by Gasteiger charge is -2.30. The number of aromatic nitrogens is 2. The first-order valence-electron chi connectivity index (χ1n) is 9.52. The number of nitrogens with zero attached hydrogens (tertiary/aromatic N) is 4. The summed E-state index contributed by atoms with van der Waals surface area (Å²) in [6.07, 6.45) is 3.14. The zero-order valence-electron chi connectivity index (χ0n) is 16.3. The van der Waals surface area contributed by atoms with E-state index in [4.69, 9.17) is 0 Å². The van der Waals surface area contributed by atoms with Gasteiger partial charge < -0.3 is 15.5 Å². The van der Waals surface area contributed by atoms with E-state index in [0.29, 0.717) is 17.9 Å². The van der Waals surface area contributed by atoms with Gasteiger partial charge in [-0.3, -0.25) is 14.9 Å². The van der Waals surface area contributed by atoms with Crippen LogP contribution in [0.3, 0.4) is 0 Å². The minimum absolute atomic E-state index is 0.111. The number of anilines is 5. The van der Waals surface area contributed by atoms with Crippen LogP contribution in [0.5, 0.6) is 0 Å². The molecule has 0 aliphatic carbocycles. The SMILES string of the molecule is CC(=O)Nc1ccc(Nc2ncnc(N3CCCc4ccccc43)c2[N+](=O)[O-])cc1. The van der Waals surface area contributed by atoms with Gasteiger partial charge in [0.2, 0.25) is 17.5 Å². The molecule has 1 aromatic heterocycles. The number of aryl methyl sites for hydroxylation is 1. The van der Waals surface area contributed by atoms with E-state index in [0.717, 1.165) is 24.1 Å². The van der Waals surface area contributed by atoms with Crippen LogP contribution in [0, 0.1) is 10.1 Å². The van der Waals surface area contributed by atoms with Crippen LogP contribution in [0.15, 0.2) is 54.9 Å². The Morgan fingerprint density at radius 1 is 1.10 bits per heavy atom. The first-order valence-corrected chi connectivity index (χ1v) is 9.52. The third-order valence-corrected chi connectivity index (χ3v) is 4.82. The number of rotatable bonds is 5. The number of hydrogen-bond donors (Lipinski definition) is 2. The molecule has 0 unspecified atom stereocenters. The number of para-hydroxylation sites is 1. The van der Waals surface area contributed by atoms with Crippen molar-refractivity contribution in [1.29, 1.82) is 0 Å². The van der Waals surface area contributed by atoms with Crippen molar-refractivity contribution in [3.63, 3.8) is 0 Å². The van der Waals surface area contributed by atoms with Crippen LogP contribution >= 0.6 is 0 Å². The van der Waals surface area contributed by atoms with Crippen molar-refractivity contribution in [2.24, 2.45) is 0 Å². The molecule has 0 atom stereocenters. The summed E-state index contributed by atoms with van der Waals surface area (Å²) >= 11 is 0. The summed E-state index contributed by atoms with van der Waals surface area (Å²) in [4.78, 5) is 32.9. The van der Waals surface area contributed by atoms with Gasteiger partial charge in [-0.05, 0) is 48.7 Å². The molecule has 0 radical (unpaired) electrons. The Bertz CT molecular complexity index is 1100. The molecule has 0 fully saturated rings. The minimum Gasteiger partial charge on any atom is -0.334 e. The lowest BCUT2D eigenvalue weighted by atomic mass is 10.0. The van der Waals surface area contributed by atoms with E-state index in [1.54, 1.807) is 24.3 Å². The zero-order valence-corrected chi connectivity index (χ0v) is 16.3. The van der Waals surface area contributed by atoms with Crippen molar-refractivity contribution < 1.29 is 9.72 Å². The van der Waals surface area contributed by atoms with Gasteiger partial charge in [-0.2, -0.15) is 0 Å². The minimum atomic E-state index is -0.458. The molecule has 2 heterocycles. The van der Waals surface area contributed by atoms with Gasteiger partial charge in [0, 0.05) is 30.5 Å². The Labute approximate surface area is 172 Å². The molecular formula is C21H20N6O3. The molecule has 1 amide bonds. The van der Waals surface area contributed by atoms with Crippen LogP contribution in [0.2, 0.25) is 0 Å². The van der Waals surface area contributed by atoms with E-state index < -0.39 is 4.92 Å². The molecule has 0 saturated carbocycles. The van der Waals surface area contributed by atoms with Crippen LogP contribution in [-0.2, 0) is 11.2 Å². The first-order chi connectivity index (χ1) is 14.5. The van der Waals surface area contributed by atoms with Crippen molar-refractivity contribution in [1.82, 2.24) is 9.97 Å². The summed E-state index contributed by atoms with van der Waals surface area (Å²) in [5.74, 6) is 0.202. The van der Waals surface area contributed by atoms with Crippen molar-refractivity contribution in [2.45, 2.75) is 19.8 Å². The van der Waals surface area contributed by atoms with Crippen molar-refractivity contribution in [3.05, 3.63) is 70.5 Å². The molecule has 1 aliphatic heterocycles. The average molecular weight is 404 g/mol. The van der Waals surface area contributed by atoms with E-state index in [2.05, 4.69) is 20.6 Å². The summed E-state index contributed by atoms with van der Waals surface area (Å²) in [6, 6.07) is 14.7. The topological polar surface area (TPSA) is 113 Å². The van der Waals surface area contributed by atoms with Crippen LogP contribution in [0.4, 0.5) is 34.4 Å². The second kappa shape index (κ2) is 8.16. The highest BCUT2D eigenvalue weighted by molar-refractivity contribution is 5.89. The second-order valence-electron chi connectivity index (χ2n) is 6.92. The van der Waals surface area contributed by atoms with Gasteiger partial charge >= 0.3 is 5.69 Å². The fraction of sp³-hybridized carbons (Fsp3) is 0.190. The molecule has 152 valence electrons. The van der Waals surface area contributed by atoms with Gasteiger partial charge in [-0.25, -0.2) is 9.97 Å². The number of carbonyl (C=O) groups excluding carboxylic acids is 1. The fourth-order valence-electron chi connectivity index (χ4n) is 3.56. The van der Waals surface area contributed by atoms with Gasteiger partial charge in [0.15, 0.2) is 0 Å². The Morgan fingerprint density at radius 2 is 1.83 bits per heavy atom. The van der Waals surface area contributed by atoms with Gasteiger partial charge in [-0.1, -0.05) is 18.2 Å². The number of amides is 1. The molecule has 3 aromatic rings. The van der Waals surface area contributed by atoms with E-state index in [9.17, 15) is 14.9 Å². The molecule has 2 N–H and O–H groups in total. The summed E-state index contributed by atoms with van der Waals surface area (Å²) in [6.45, 7) is 2.07. The molecular weight excluding hydrogens is 384 g/mol. The number of fused-ring (bicyclic) bond motifs is 1. The van der Waals surface area contributed by atoms with E-state index in [1.165, 1.54) is 13.3 Å². The zero-order chi connectivity index (χ0) is 21.1. The summed E-state index contributed by atoms with van der Waals surface area (Å²) in [5, 5.41) is 17.7. The number of carbonyl (C=O) groups is 1. The van der Waals surface area contributed by atoms with Gasteiger partial charge in [0.25, 0.3) is 0 Å². The standard InChI is InChI=1S/C21H20N6O3/c1-14(28)24-16-8-10-17(11-9-16)25-20-19(27(29)30)21(23-13-22-20)26-12-4-6-15-5-2-3-7-18(15)26/h2-3,5,7-11,13H,4,6,12H2,1H3,(H,24,28)(H,22,23,25). The highest BCUT2D eigenvalue weighted by Gasteiger charge is 2.30. The lowest BCUT2D eigenvalue weighted by molar-refractivity contribution is -0.383. The largest absolute Gasteiger partial charge is 0.354 e. The number of nitrogens with one attached hydrogen (secondary N) is 2. The van der Waals surface area contributed by atoms with Crippen LogP contribution < -0.4 is 15.5 Å². The molecule has 4 rings (SSSR count). The summed E-state index contributed by atoms with van der Waals surface area (Å²) in [5.41, 5.74) is 3.13. The highest BCUT2D eigenvalue weighted by Crippen LogP contribution is 2.40. The lowest BCUT2D eigenvalue weighted by Crippen LogP contribution is -2.26. The summed E-state index contributed by atoms with van der Waals surface area (Å²) in [7, 11) is 0. The quantitative estimate of drug-likeness (QED) is 0.484. The first kappa shape index (κ1) is 19.3. The van der Waals surface area contributed by atoms with Gasteiger partial charge in [-0.15, -0.1) is 0 Å². The number of hydrogen-bond acceptors (Lipinski definition) is 7. The predicted molar refractivity (Wildman–Crippen MR) is 114 cm³/mol. The van der Waals surface area contributed by atoms with Crippen molar-refractivity contribution >= 4 is 40.3 Å². The van der Waals surface area contributed by atoms with Crippen molar-refractivity contribution in [2.75, 3.05) is 22.1 Å².